The molecule has 0 fully saturated rings. The Hall–Kier alpha value is -3.26. The van der Waals surface area contributed by atoms with Crippen molar-refractivity contribution in [3.05, 3.63) is 83.6 Å². The maximum Gasteiger partial charge on any atom is 0.0979 e. The number of aryl methyl sites for hydroxylation is 3. The van der Waals surface area contributed by atoms with E-state index in [0.29, 0.717) is 0 Å². The van der Waals surface area contributed by atoms with Crippen LogP contribution in [-0.4, -0.2) is 9.97 Å². The first-order valence-corrected chi connectivity index (χ1v) is 9.27. The zero-order chi connectivity index (χ0) is 18.5. The Bertz CT molecular complexity index is 1330. The van der Waals surface area contributed by atoms with E-state index >= 15 is 0 Å². The lowest BCUT2D eigenvalue weighted by Crippen LogP contribution is -1.93. The van der Waals surface area contributed by atoms with Gasteiger partial charge >= 0.3 is 0 Å². The second kappa shape index (κ2) is 5.88. The van der Waals surface area contributed by atoms with Crippen molar-refractivity contribution in [3.63, 3.8) is 0 Å². The van der Waals surface area contributed by atoms with E-state index in [1.165, 1.54) is 27.5 Å². The molecule has 5 aromatic rings. The van der Waals surface area contributed by atoms with Crippen LogP contribution in [0.1, 0.15) is 16.7 Å². The number of hydrogen-bond acceptors (Lipinski definition) is 2. The molecule has 0 aliphatic rings. The van der Waals surface area contributed by atoms with E-state index < -0.39 is 0 Å². The van der Waals surface area contributed by atoms with Gasteiger partial charge in [0.05, 0.1) is 22.9 Å². The quantitative estimate of drug-likeness (QED) is 0.322. The summed E-state index contributed by atoms with van der Waals surface area (Å²) in [7, 11) is 0. The summed E-state index contributed by atoms with van der Waals surface area (Å²) in [6, 6.07) is 21.6. The Labute approximate surface area is 158 Å². The first-order valence-electron chi connectivity index (χ1n) is 9.27. The SMILES string of the molecule is Cc1ccc(-c2cnc3c4ccc(C)cc4c4cc(C)ccc4c3n2)cc1. The molecule has 0 bridgehead atoms. The highest BCUT2D eigenvalue weighted by Gasteiger charge is 2.12. The Kier molecular flexibility index (Phi) is 3.48. The highest BCUT2D eigenvalue weighted by molar-refractivity contribution is 6.23. The molecule has 1 heterocycles. The molecule has 27 heavy (non-hydrogen) atoms. The number of benzene rings is 4. The van der Waals surface area contributed by atoms with Gasteiger partial charge in [-0.1, -0.05) is 77.4 Å². The van der Waals surface area contributed by atoms with Gasteiger partial charge in [0.1, 0.15) is 0 Å². The van der Waals surface area contributed by atoms with Crippen molar-refractivity contribution in [2.45, 2.75) is 20.8 Å². The molecule has 5 rings (SSSR count). The monoisotopic (exact) mass is 348 g/mol. The van der Waals surface area contributed by atoms with Gasteiger partial charge in [0.2, 0.25) is 0 Å². The first kappa shape index (κ1) is 16.0. The average molecular weight is 348 g/mol. The lowest BCUT2D eigenvalue weighted by atomic mass is 9.96. The minimum absolute atomic E-state index is 0.913. The molecule has 0 saturated heterocycles. The molecule has 0 saturated carbocycles. The van der Waals surface area contributed by atoms with Crippen LogP contribution in [0, 0.1) is 20.8 Å². The zero-order valence-corrected chi connectivity index (χ0v) is 15.7. The van der Waals surface area contributed by atoms with Gasteiger partial charge in [0.15, 0.2) is 0 Å². The van der Waals surface area contributed by atoms with Crippen LogP contribution in [0.3, 0.4) is 0 Å². The predicted octanol–water partition coefficient (Wildman–Crippen LogP) is 6.53. The third-order valence-electron chi connectivity index (χ3n) is 5.27. The van der Waals surface area contributed by atoms with Crippen LogP contribution in [-0.2, 0) is 0 Å². The zero-order valence-electron chi connectivity index (χ0n) is 15.7. The summed E-state index contributed by atoms with van der Waals surface area (Å²) in [5.41, 5.74) is 7.71. The van der Waals surface area contributed by atoms with E-state index in [9.17, 15) is 0 Å². The fraction of sp³-hybridized carbons (Fsp3) is 0.120. The molecule has 0 amide bonds. The Balaban J connectivity index is 1.92. The van der Waals surface area contributed by atoms with Crippen molar-refractivity contribution in [1.82, 2.24) is 9.97 Å². The fourth-order valence-corrected chi connectivity index (χ4v) is 3.81. The molecule has 130 valence electrons. The summed E-state index contributed by atoms with van der Waals surface area (Å²) in [5, 5.41) is 4.82. The molecule has 0 radical (unpaired) electrons. The van der Waals surface area contributed by atoms with Crippen LogP contribution in [0.2, 0.25) is 0 Å². The smallest absolute Gasteiger partial charge is 0.0979 e. The van der Waals surface area contributed by atoms with Gasteiger partial charge in [-0.15, -0.1) is 0 Å². The van der Waals surface area contributed by atoms with Gasteiger partial charge in [0.25, 0.3) is 0 Å². The maximum atomic E-state index is 5.04. The van der Waals surface area contributed by atoms with E-state index in [1.807, 2.05) is 6.20 Å². The van der Waals surface area contributed by atoms with E-state index in [4.69, 9.17) is 9.97 Å². The molecule has 0 spiro atoms. The van der Waals surface area contributed by atoms with E-state index in [2.05, 4.69) is 81.4 Å². The molecule has 0 unspecified atom stereocenters. The lowest BCUT2D eigenvalue weighted by Gasteiger charge is -2.12. The van der Waals surface area contributed by atoms with E-state index in [1.54, 1.807) is 0 Å². The molecule has 2 heteroatoms. The van der Waals surface area contributed by atoms with Crippen molar-refractivity contribution in [1.29, 1.82) is 0 Å². The largest absolute Gasteiger partial charge is 0.252 e. The molecule has 0 N–H and O–H groups in total. The molecule has 0 aliphatic carbocycles. The Morgan fingerprint density at radius 3 is 1.74 bits per heavy atom. The van der Waals surface area contributed by atoms with Crippen LogP contribution in [0.5, 0.6) is 0 Å². The van der Waals surface area contributed by atoms with Crippen molar-refractivity contribution in [3.8, 4) is 11.3 Å². The van der Waals surface area contributed by atoms with E-state index in [-0.39, 0.29) is 0 Å². The molecular formula is C25H20N2. The summed E-state index contributed by atoms with van der Waals surface area (Å²) in [4.78, 5) is 9.89. The van der Waals surface area contributed by atoms with Gasteiger partial charge in [-0.2, -0.15) is 0 Å². The number of rotatable bonds is 1. The van der Waals surface area contributed by atoms with Crippen molar-refractivity contribution >= 4 is 32.6 Å². The number of fused-ring (bicyclic) bond motifs is 6. The lowest BCUT2D eigenvalue weighted by molar-refractivity contribution is 1.30. The minimum Gasteiger partial charge on any atom is -0.252 e. The van der Waals surface area contributed by atoms with Crippen LogP contribution in [0.15, 0.2) is 66.9 Å². The summed E-state index contributed by atoms with van der Waals surface area (Å²) in [6.07, 6.45) is 1.90. The first-order chi connectivity index (χ1) is 13.1. The maximum absolute atomic E-state index is 5.04. The number of aromatic nitrogens is 2. The van der Waals surface area contributed by atoms with Crippen LogP contribution in [0.4, 0.5) is 0 Å². The Morgan fingerprint density at radius 1 is 0.556 bits per heavy atom. The third-order valence-corrected chi connectivity index (χ3v) is 5.27. The predicted molar refractivity (Wildman–Crippen MR) is 114 cm³/mol. The second-order valence-electron chi connectivity index (χ2n) is 7.42. The number of nitrogens with zero attached hydrogens (tertiary/aromatic N) is 2. The standard InChI is InChI=1S/C25H20N2/c1-15-4-8-18(9-5-15)23-14-26-24-19-10-6-16(2)12-21(19)22-13-17(3)7-11-20(22)25(24)27-23/h4-14H,1-3H3. The van der Waals surface area contributed by atoms with Crippen molar-refractivity contribution in [2.75, 3.05) is 0 Å². The summed E-state index contributed by atoms with van der Waals surface area (Å²) >= 11 is 0. The highest BCUT2D eigenvalue weighted by atomic mass is 14.8. The molecule has 4 aromatic carbocycles. The van der Waals surface area contributed by atoms with Gasteiger partial charge in [-0.3, -0.25) is 4.98 Å². The van der Waals surface area contributed by atoms with Gasteiger partial charge in [0, 0.05) is 16.3 Å². The molecule has 0 aliphatic heterocycles. The van der Waals surface area contributed by atoms with Gasteiger partial charge in [-0.05, 0) is 31.5 Å². The van der Waals surface area contributed by atoms with Gasteiger partial charge < -0.3 is 0 Å². The second-order valence-corrected chi connectivity index (χ2v) is 7.42. The molecule has 1 aromatic heterocycles. The summed E-state index contributed by atoms with van der Waals surface area (Å²) in [6.45, 7) is 6.37. The normalized spacial score (nSPS) is 11.5. The van der Waals surface area contributed by atoms with Gasteiger partial charge in [-0.25, -0.2) is 4.98 Å². The number of hydrogen-bond donors (Lipinski definition) is 0. The molecule has 0 atom stereocenters. The van der Waals surface area contributed by atoms with Crippen molar-refractivity contribution < 1.29 is 0 Å². The Morgan fingerprint density at radius 2 is 1.11 bits per heavy atom. The fourth-order valence-electron chi connectivity index (χ4n) is 3.81. The summed E-state index contributed by atoms with van der Waals surface area (Å²) in [5.74, 6) is 0. The highest BCUT2D eigenvalue weighted by Crippen LogP contribution is 2.35. The van der Waals surface area contributed by atoms with E-state index in [0.717, 1.165) is 33.1 Å². The van der Waals surface area contributed by atoms with Crippen LogP contribution in [0.25, 0.3) is 43.8 Å². The molecule has 2 nitrogen and oxygen atoms in total. The third kappa shape index (κ3) is 2.57. The summed E-state index contributed by atoms with van der Waals surface area (Å²) < 4.78 is 0. The minimum atomic E-state index is 0.913. The van der Waals surface area contributed by atoms with Crippen LogP contribution < -0.4 is 0 Å². The molecular weight excluding hydrogens is 328 g/mol. The van der Waals surface area contributed by atoms with Crippen LogP contribution >= 0.6 is 0 Å². The van der Waals surface area contributed by atoms with Crippen molar-refractivity contribution in [2.24, 2.45) is 0 Å². The topological polar surface area (TPSA) is 25.8 Å². The average Bonchev–Trinajstić information content (AvgIpc) is 2.68.